The van der Waals surface area contributed by atoms with Crippen molar-refractivity contribution in [3.63, 3.8) is 0 Å². The fourth-order valence-electron chi connectivity index (χ4n) is 1.42. The van der Waals surface area contributed by atoms with Crippen molar-refractivity contribution in [2.45, 2.75) is 20.0 Å². The van der Waals surface area contributed by atoms with Gasteiger partial charge in [-0.15, -0.1) is 0 Å². The van der Waals surface area contributed by atoms with E-state index in [0.717, 1.165) is 0 Å². The summed E-state index contributed by atoms with van der Waals surface area (Å²) in [6, 6.07) is 6.83. The highest BCUT2D eigenvalue weighted by Crippen LogP contribution is 2.19. The van der Waals surface area contributed by atoms with E-state index in [9.17, 15) is 4.79 Å². The number of nitrogens with two attached hydrogens (primary N) is 1. The molecule has 0 saturated carbocycles. The van der Waals surface area contributed by atoms with Gasteiger partial charge in [0.05, 0.1) is 11.8 Å². The molecule has 0 aliphatic heterocycles. The number of nitrogens with zero attached hydrogens (tertiary/aromatic N) is 2. The zero-order chi connectivity index (χ0) is 13.7. The lowest BCUT2D eigenvalue weighted by atomic mass is 10.1. The SMILES string of the molecule is CC(C)OC(=O)N(C)c1ccccc1C(N)=NO. The molecule has 0 aromatic heterocycles. The molecule has 98 valence electrons. The summed E-state index contributed by atoms with van der Waals surface area (Å²) in [6.45, 7) is 3.53. The predicted octanol–water partition coefficient (Wildman–Crippen LogP) is 1.76. The molecule has 6 heteroatoms. The van der Waals surface area contributed by atoms with Crippen LogP contribution in [-0.2, 0) is 4.74 Å². The maximum atomic E-state index is 11.8. The van der Waals surface area contributed by atoms with Crippen LogP contribution in [0.15, 0.2) is 29.4 Å². The molecule has 18 heavy (non-hydrogen) atoms. The Morgan fingerprint density at radius 1 is 1.44 bits per heavy atom. The number of hydrogen-bond acceptors (Lipinski definition) is 4. The van der Waals surface area contributed by atoms with Gasteiger partial charge in [0.1, 0.15) is 0 Å². The Labute approximate surface area is 106 Å². The molecule has 0 bridgehead atoms. The number of ether oxygens (including phenoxy) is 1. The molecule has 1 amide bonds. The van der Waals surface area contributed by atoms with Gasteiger partial charge < -0.3 is 15.7 Å². The van der Waals surface area contributed by atoms with Gasteiger partial charge in [-0.25, -0.2) is 4.79 Å². The largest absolute Gasteiger partial charge is 0.446 e. The van der Waals surface area contributed by atoms with Gasteiger partial charge in [-0.05, 0) is 26.0 Å². The Bertz CT molecular complexity index is 458. The van der Waals surface area contributed by atoms with Gasteiger partial charge in [-0.3, -0.25) is 4.90 Å². The first-order chi connectivity index (χ1) is 8.47. The van der Waals surface area contributed by atoms with Crippen LogP contribution in [0.4, 0.5) is 10.5 Å². The van der Waals surface area contributed by atoms with Crippen LogP contribution in [0.2, 0.25) is 0 Å². The van der Waals surface area contributed by atoms with Crippen LogP contribution < -0.4 is 10.6 Å². The molecule has 0 aliphatic rings. The van der Waals surface area contributed by atoms with Crippen LogP contribution in [-0.4, -0.2) is 30.3 Å². The predicted molar refractivity (Wildman–Crippen MR) is 69.0 cm³/mol. The highest BCUT2D eigenvalue weighted by molar-refractivity contribution is 6.05. The lowest BCUT2D eigenvalue weighted by Crippen LogP contribution is -2.31. The second-order valence-electron chi connectivity index (χ2n) is 3.99. The molecule has 0 atom stereocenters. The molecule has 3 N–H and O–H groups in total. The average Bonchev–Trinajstić information content (AvgIpc) is 2.36. The van der Waals surface area contributed by atoms with Gasteiger partial charge in [0.25, 0.3) is 0 Å². The number of carbonyl (C=O) groups is 1. The molecule has 0 fully saturated rings. The van der Waals surface area contributed by atoms with Crippen LogP contribution in [0.25, 0.3) is 0 Å². The Morgan fingerprint density at radius 2 is 2.06 bits per heavy atom. The van der Waals surface area contributed by atoms with Gasteiger partial charge in [0.2, 0.25) is 0 Å². The van der Waals surface area contributed by atoms with Gasteiger partial charge in [0, 0.05) is 12.6 Å². The first-order valence-electron chi connectivity index (χ1n) is 5.48. The minimum atomic E-state index is -0.497. The van der Waals surface area contributed by atoms with Crippen LogP contribution in [0, 0.1) is 0 Å². The summed E-state index contributed by atoms with van der Waals surface area (Å²) in [7, 11) is 1.56. The number of hydrogen-bond donors (Lipinski definition) is 2. The van der Waals surface area contributed by atoms with Gasteiger partial charge in [0.15, 0.2) is 5.84 Å². The Morgan fingerprint density at radius 3 is 2.61 bits per heavy atom. The standard InChI is InChI=1S/C12H17N3O3/c1-8(2)18-12(16)15(3)10-7-5-4-6-9(10)11(13)14-17/h4-8,17H,1-3H3,(H2,13,14). The topological polar surface area (TPSA) is 88.2 Å². The van der Waals surface area contributed by atoms with E-state index >= 15 is 0 Å². The molecular formula is C12H17N3O3. The zero-order valence-corrected chi connectivity index (χ0v) is 10.6. The molecule has 0 aliphatic carbocycles. The van der Waals surface area contributed by atoms with Crippen molar-refractivity contribution < 1.29 is 14.7 Å². The lowest BCUT2D eigenvalue weighted by Gasteiger charge is -2.21. The van der Waals surface area contributed by atoms with E-state index in [1.807, 2.05) is 0 Å². The van der Waals surface area contributed by atoms with Gasteiger partial charge in [-0.2, -0.15) is 0 Å². The summed E-state index contributed by atoms with van der Waals surface area (Å²) in [5.41, 5.74) is 6.53. The van der Waals surface area contributed by atoms with E-state index in [-0.39, 0.29) is 11.9 Å². The van der Waals surface area contributed by atoms with Crippen molar-refractivity contribution in [2.75, 3.05) is 11.9 Å². The van der Waals surface area contributed by atoms with Crippen molar-refractivity contribution in [1.29, 1.82) is 0 Å². The second kappa shape index (κ2) is 5.90. The number of benzene rings is 1. The van der Waals surface area contributed by atoms with Crippen molar-refractivity contribution >= 4 is 17.6 Å². The fourth-order valence-corrected chi connectivity index (χ4v) is 1.42. The molecule has 0 heterocycles. The Hall–Kier alpha value is -2.24. The summed E-state index contributed by atoms with van der Waals surface area (Å²) in [6.07, 6.45) is -0.709. The van der Waals surface area contributed by atoms with Crippen molar-refractivity contribution in [2.24, 2.45) is 10.9 Å². The zero-order valence-electron chi connectivity index (χ0n) is 10.6. The smallest absolute Gasteiger partial charge is 0.414 e. The Balaban J connectivity index is 3.06. The van der Waals surface area contributed by atoms with E-state index in [1.54, 1.807) is 45.2 Å². The van der Waals surface area contributed by atoms with Crippen LogP contribution in [0.1, 0.15) is 19.4 Å². The highest BCUT2D eigenvalue weighted by atomic mass is 16.6. The van der Waals surface area contributed by atoms with Gasteiger partial charge in [-0.1, -0.05) is 17.3 Å². The van der Waals surface area contributed by atoms with E-state index in [0.29, 0.717) is 11.3 Å². The Kier molecular flexibility index (Phi) is 4.53. The first-order valence-corrected chi connectivity index (χ1v) is 5.48. The highest BCUT2D eigenvalue weighted by Gasteiger charge is 2.18. The van der Waals surface area contributed by atoms with E-state index < -0.39 is 6.09 Å². The number of amides is 1. The average molecular weight is 251 g/mol. The van der Waals surface area contributed by atoms with Crippen molar-refractivity contribution in [3.05, 3.63) is 29.8 Å². The third-order valence-corrected chi connectivity index (χ3v) is 2.26. The molecule has 1 aromatic carbocycles. The maximum absolute atomic E-state index is 11.8. The van der Waals surface area contributed by atoms with Crippen LogP contribution in [0.5, 0.6) is 0 Å². The minimum Gasteiger partial charge on any atom is -0.446 e. The molecule has 0 unspecified atom stereocenters. The summed E-state index contributed by atoms with van der Waals surface area (Å²) in [5.74, 6) is -0.0604. The number of oxime groups is 1. The number of anilines is 1. The lowest BCUT2D eigenvalue weighted by molar-refractivity contribution is 0.124. The quantitative estimate of drug-likeness (QED) is 0.371. The third kappa shape index (κ3) is 3.13. The number of amidine groups is 1. The number of para-hydroxylation sites is 1. The summed E-state index contributed by atoms with van der Waals surface area (Å²) in [4.78, 5) is 13.1. The second-order valence-corrected chi connectivity index (χ2v) is 3.99. The van der Waals surface area contributed by atoms with Crippen molar-refractivity contribution in [3.8, 4) is 0 Å². The molecule has 0 saturated heterocycles. The monoisotopic (exact) mass is 251 g/mol. The number of carbonyl (C=O) groups excluding carboxylic acids is 1. The molecule has 0 radical (unpaired) electrons. The third-order valence-electron chi connectivity index (χ3n) is 2.26. The molecule has 6 nitrogen and oxygen atoms in total. The summed E-state index contributed by atoms with van der Waals surface area (Å²) < 4.78 is 5.08. The molecule has 1 rings (SSSR count). The summed E-state index contributed by atoms with van der Waals surface area (Å²) >= 11 is 0. The molecule has 1 aromatic rings. The van der Waals surface area contributed by atoms with E-state index in [1.165, 1.54) is 4.90 Å². The molecule has 0 spiro atoms. The first kappa shape index (κ1) is 13.8. The van der Waals surface area contributed by atoms with E-state index in [4.69, 9.17) is 15.7 Å². The van der Waals surface area contributed by atoms with Crippen molar-refractivity contribution in [1.82, 2.24) is 0 Å². The number of rotatable bonds is 3. The van der Waals surface area contributed by atoms with E-state index in [2.05, 4.69) is 5.16 Å². The van der Waals surface area contributed by atoms with Crippen LogP contribution >= 0.6 is 0 Å². The molecular weight excluding hydrogens is 234 g/mol. The normalized spacial score (nSPS) is 11.4. The minimum absolute atomic E-state index is 0.0604. The maximum Gasteiger partial charge on any atom is 0.414 e. The summed E-state index contributed by atoms with van der Waals surface area (Å²) in [5, 5.41) is 11.6. The fraction of sp³-hybridized carbons (Fsp3) is 0.333. The van der Waals surface area contributed by atoms with Crippen LogP contribution in [0.3, 0.4) is 0 Å². The van der Waals surface area contributed by atoms with Gasteiger partial charge >= 0.3 is 6.09 Å².